The van der Waals surface area contributed by atoms with Crippen molar-refractivity contribution in [3.8, 4) is 0 Å². The van der Waals surface area contributed by atoms with E-state index in [1.165, 1.54) is 11.0 Å². The number of carbonyl (C=O) groups is 2. The van der Waals surface area contributed by atoms with Gasteiger partial charge in [-0.2, -0.15) is 0 Å². The fraction of sp³-hybridized carbons (Fsp3) is 0.529. The number of hydrogen-bond donors (Lipinski definition) is 1. The molecule has 144 valence electrons. The van der Waals surface area contributed by atoms with E-state index in [0.29, 0.717) is 26.2 Å². The van der Waals surface area contributed by atoms with Gasteiger partial charge < -0.3 is 19.9 Å². The van der Waals surface area contributed by atoms with Crippen molar-refractivity contribution in [3.05, 3.63) is 35.4 Å². The predicted octanol–water partition coefficient (Wildman–Crippen LogP) is 1.05. The molecule has 0 aliphatic carbocycles. The van der Waals surface area contributed by atoms with Gasteiger partial charge in [-0.25, -0.2) is 8.78 Å². The van der Waals surface area contributed by atoms with Crippen molar-refractivity contribution in [2.45, 2.75) is 19.1 Å². The van der Waals surface area contributed by atoms with Crippen molar-refractivity contribution in [1.29, 1.82) is 0 Å². The van der Waals surface area contributed by atoms with Crippen LogP contribution in [0.4, 0.5) is 8.78 Å². The number of nitrogens with one attached hydrogen (secondary N) is 1. The zero-order valence-electron chi connectivity index (χ0n) is 14.4. The minimum atomic E-state index is -0.874. The molecule has 2 heterocycles. The molecule has 2 atom stereocenters. The summed E-state index contributed by atoms with van der Waals surface area (Å²) >= 11 is 0. The van der Waals surface area contributed by atoms with Gasteiger partial charge in [0.1, 0.15) is 23.2 Å². The van der Waals surface area contributed by atoms with Crippen molar-refractivity contribution in [1.82, 2.24) is 15.1 Å². The summed E-state index contributed by atoms with van der Waals surface area (Å²) in [5, 5.41) is 3.14. The van der Waals surface area contributed by atoms with Gasteiger partial charge >= 0.3 is 0 Å². The van der Waals surface area contributed by atoms with Crippen LogP contribution >= 0.6 is 12.4 Å². The first-order valence-corrected chi connectivity index (χ1v) is 8.36. The highest BCUT2D eigenvalue weighted by molar-refractivity contribution is 5.95. The second-order valence-electron chi connectivity index (χ2n) is 6.22. The van der Waals surface area contributed by atoms with Gasteiger partial charge in [0.15, 0.2) is 0 Å². The Kier molecular flexibility index (Phi) is 6.91. The van der Waals surface area contributed by atoms with Crippen LogP contribution in [0.3, 0.4) is 0 Å². The topological polar surface area (TPSA) is 61.9 Å². The van der Waals surface area contributed by atoms with Crippen LogP contribution in [0.25, 0.3) is 0 Å². The Bertz CT molecular complexity index is 648. The molecule has 9 heteroatoms. The number of rotatable bonds is 2. The van der Waals surface area contributed by atoms with Crippen LogP contribution < -0.4 is 5.32 Å². The minimum absolute atomic E-state index is 0. The third-order valence-electron chi connectivity index (χ3n) is 4.64. The van der Waals surface area contributed by atoms with Crippen LogP contribution in [0.5, 0.6) is 0 Å². The second-order valence-corrected chi connectivity index (χ2v) is 6.22. The van der Waals surface area contributed by atoms with Crippen LogP contribution in [0.1, 0.15) is 17.3 Å². The van der Waals surface area contributed by atoms with E-state index < -0.39 is 29.1 Å². The Morgan fingerprint density at radius 2 is 1.69 bits per heavy atom. The van der Waals surface area contributed by atoms with Gasteiger partial charge in [-0.3, -0.25) is 9.59 Å². The summed E-state index contributed by atoms with van der Waals surface area (Å²) in [5.74, 6) is -2.51. The summed E-state index contributed by atoms with van der Waals surface area (Å²) in [7, 11) is 0. The van der Waals surface area contributed by atoms with Crippen molar-refractivity contribution < 1.29 is 23.1 Å². The van der Waals surface area contributed by atoms with Crippen LogP contribution in [0.2, 0.25) is 0 Å². The van der Waals surface area contributed by atoms with Crippen molar-refractivity contribution >= 4 is 24.2 Å². The third kappa shape index (κ3) is 4.13. The first-order chi connectivity index (χ1) is 12.0. The van der Waals surface area contributed by atoms with E-state index in [2.05, 4.69) is 5.32 Å². The number of hydrogen-bond acceptors (Lipinski definition) is 4. The lowest BCUT2D eigenvalue weighted by Crippen LogP contribution is -2.60. The molecule has 0 saturated carbocycles. The highest BCUT2D eigenvalue weighted by atomic mass is 35.5. The minimum Gasteiger partial charge on any atom is -0.375 e. The van der Waals surface area contributed by atoms with Gasteiger partial charge in [-0.1, -0.05) is 6.07 Å². The first kappa shape index (κ1) is 20.5. The van der Waals surface area contributed by atoms with Crippen molar-refractivity contribution in [2.75, 3.05) is 39.3 Å². The summed E-state index contributed by atoms with van der Waals surface area (Å²) in [6.07, 6.45) is -0.214. The summed E-state index contributed by atoms with van der Waals surface area (Å²) in [4.78, 5) is 28.0. The smallest absolute Gasteiger partial charge is 0.259 e. The predicted molar refractivity (Wildman–Crippen MR) is 93.3 cm³/mol. The molecular formula is C17H22ClF2N3O3. The second kappa shape index (κ2) is 8.75. The van der Waals surface area contributed by atoms with Gasteiger partial charge in [0.25, 0.3) is 5.91 Å². The van der Waals surface area contributed by atoms with Gasteiger partial charge in [0, 0.05) is 32.7 Å². The Hall–Kier alpha value is -1.77. The monoisotopic (exact) mass is 389 g/mol. The van der Waals surface area contributed by atoms with Crippen LogP contribution in [-0.4, -0.2) is 73.1 Å². The zero-order chi connectivity index (χ0) is 18.0. The average Bonchev–Trinajstić information content (AvgIpc) is 2.61. The molecule has 6 nitrogen and oxygen atoms in total. The zero-order valence-corrected chi connectivity index (χ0v) is 15.2. The molecule has 2 amide bonds. The van der Waals surface area contributed by atoms with E-state index in [1.807, 2.05) is 6.92 Å². The number of ether oxygens (including phenoxy) is 1. The number of morpholine rings is 1. The van der Waals surface area contributed by atoms with Gasteiger partial charge in [0.2, 0.25) is 5.91 Å². The van der Waals surface area contributed by atoms with E-state index >= 15 is 0 Å². The Morgan fingerprint density at radius 3 is 2.27 bits per heavy atom. The molecule has 1 aromatic carbocycles. The third-order valence-corrected chi connectivity index (χ3v) is 4.64. The SMILES string of the molecule is C[C@H]1OCCN[C@@H]1C(=O)N1CCN(C(=O)c2c(F)cccc2F)CC1.Cl. The number of benzene rings is 1. The maximum atomic E-state index is 13.8. The van der Waals surface area contributed by atoms with Crippen molar-refractivity contribution in [2.24, 2.45) is 0 Å². The summed E-state index contributed by atoms with van der Waals surface area (Å²) in [6, 6.07) is 2.94. The van der Waals surface area contributed by atoms with E-state index in [1.54, 1.807) is 4.90 Å². The van der Waals surface area contributed by atoms with Gasteiger partial charge in [0.05, 0.1) is 12.7 Å². The van der Waals surface area contributed by atoms with Crippen molar-refractivity contribution in [3.63, 3.8) is 0 Å². The molecule has 1 aromatic rings. The fourth-order valence-electron chi connectivity index (χ4n) is 3.20. The van der Waals surface area contributed by atoms with Crippen LogP contribution in [-0.2, 0) is 9.53 Å². The molecule has 0 aromatic heterocycles. The van der Waals surface area contributed by atoms with E-state index in [9.17, 15) is 18.4 Å². The van der Waals surface area contributed by atoms with E-state index in [0.717, 1.165) is 12.1 Å². The molecule has 0 bridgehead atoms. The lowest BCUT2D eigenvalue weighted by molar-refractivity contribution is -0.140. The molecule has 0 spiro atoms. The Labute approximate surface area is 156 Å². The molecule has 2 fully saturated rings. The number of amides is 2. The molecule has 3 rings (SSSR count). The van der Waals surface area contributed by atoms with Crippen LogP contribution in [0, 0.1) is 11.6 Å². The van der Waals surface area contributed by atoms with Gasteiger partial charge in [-0.15, -0.1) is 12.4 Å². The van der Waals surface area contributed by atoms with Crippen LogP contribution in [0.15, 0.2) is 18.2 Å². The largest absolute Gasteiger partial charge is 0.375 e. The Morgan fingerprint density at radius 1 is 1.12 bits per heavy atom. The molecule has 1 N–H and O–H groups in total. The fourth-order valence-corrected chi connectivity index (χ4v) is 3.20. The molecule has 26 heavy (non-hydrogen) atoms. The molecule has 0 radical (unpaired) electrons. The lowest BCUT2D eigenvalue weighted by Gasteiger charge is -2.38. The quantitative estimate of drug-likeness (QED) is 0.821. The number of carbonyl (C=O) groups excluding carboxylic acids is 2. The molecular weight excluding hydrogens is 368 g/mol. The van der Waals surface area contributed by atoms with Gasteiger partial charge in [-0.05, 0) is 19.1 Å². The maximum absolute atomic E-state index is 13.8. The highest BCUT2D eigenvalue weighted by Gasteiger charge is 2.34. The standard InChI is InChI=1S/C17H21F2N3O3.ClH/c1-11-15(20-5-10-25-11)17(24)22-8-6-21(7-9-22)16(23)14-12(18)3-2-4-13(14)19;/h2-4,11,15,20H,5-10H2,1H3;1H/t11-,15+;/m1./s1. The highest BCUT2D eigenvalue weighted by Crippen LogP contribution is 2.17. The van der Waals surface area contributed by atoms with E-state index in [4.69, 9.17) is 4.74 Å². The summed E-state index contributed by atoms with van der Waals surface area (Å²) in [5.41, 5.74) is -0.543. The number of nitrogens with zero attached hydrogens (tertiary/aromatic N) is 2. The van der Waals surface area contributed by atoms with E-state index in [-0.39, 0.29) is 37.5 Å². The normalized spacial score (nSPS) is 23.3. The average molecular weight is 390 g/mol. The maximum Gasteiger partial charge on any atom is 0.259 e. The summed E-state index contributed by atoms with van der Waals surface area (Å²) < 4.78 is 33.0. The number of halogens is 3. The molecule has 2 aliphatic heterocycles. The first-order valence-electron chi connectivity index (χ1n) is 8.36. The molecule has 2 saturated heterocycles. The molecule has 0 unspecified atom stereocenters. The number of piperazine rings is 1. The lowest BCUT2D eigenvalue weighted by atomic mass is 10.1. The molecule has 2 aliphatic rings. The summed E-state index contributed by atoms with van der Waals surface area (Å²) in [6.45, 7) is 4.15. The Balaban J connectivity index is 0.00000243.